The first-order chi connectivity index (χ1) is 12.8. The number of thiophene rings is 1. The van der Waals surface area contributed by atoms with Crippen LogP contribution >= 0.6 is 11.3 Å². The Bertz CT molecular complexity index is 1050. The summed E-state index contributed by atoms with van der Waals surface area (Å²) in [5, 5.41) is 4.72. The Labute approximate surface area is 163 Å². The molecule has 0 radical (unpaired) electrons. The van der Waals surface area contributed by atoms with Crippen molar-refractivity contribution in [2.75, 3.05) is 19.4 Å². The molecule has 0 aliphatic carbocycles. The Hall–Kier alpha value is -2.48. The molecule has 1 heterocycles. The third-order valence-corrected chi connectivity index (χ3v) is 6.87. The predicted octanol–water partition coefficient (Wildman–Crippen LogP) is 4.23. The van der Waals surface area contributed by atoms with E-state index in [-0.39, 0.29) is 10.8 Å². The van der Waals surface area contributed by atoms with Crippen LogP contribution in [0.2, 0.25) is 0 Å². The van der Waals surface area contributed by atoms with Crippen LogP contribution in [-0.4, -0.2) is 32.7 Å². The summed E-state index contributed by atoms with van der Waals surface area (Å²) in [6, 6.07) is 16.1. The van der Waals surface area contributed by atoms with Crippen molar-refractivity contribution in [1.82, 2.24) is 4.31 Å². The van der Waals surface area contributed by atoms with Crippen molar-refractivity contribution in [2.45, 2.75) is 11.8 Å². The molecule has 0 saturated heterocycles. The van der Waals surface area contributed by atoms with Gasteiger partial charge in [0.15, 0.2) is 0 Å². The third kappa shape index (κ3) is 4.10. The molecule has 5 nitrogen and oxygen atoms in total. The Morgan fingerprint density at radius 2 is 1.59 bits per heavy atom. The van der Waals surface area contributed by atoms with Crippen molar-refractivity contribution in [3.05, 3.63) is 70.4 Å². The van der Waals surface area contributed by atoms with Crippen molar-refractivity contribution in [2.24, 2.45) is 0 Å². The summed E-state index contributed by atoms with van der Waals surface area (Å²) < 4.78 is 25.4. The molecule has 2 aromatic carbocycles. The van der Waals surface area contributed by atoms with Crippen LogP contribution in [0.25, 0.3) is 11.1 Å². The fourth-order valence-electron chi connectivity index (χ4n) is 2.55. The molecule has 0 saturated carbocycles. The van der Waals surface area contributed by atoms with Crippen LogP contribution in [-0.2, 0) is 10.0 Å². The maximum Gasteiger partial charge on any atom is 0.266 e. The topological polar surface area (TPSA) is 66.5 Å². The van der Waals surface area contributed by atoms with Gasteiger partial charge in [0, 0.05) is 25.3 Å². The van der Waals surface area contributed by atoms with E-state index in [9.17, 15) is 13.2 Å². The smallest absolute Gasteiger partial charge is 0.266 e. The standard InChI is InChI=1S/C20H20N2O3S2/c1-14-4-6-15(7-5-14)18-12-13-26-19(18)20(23)21-16-8-10-17(11-9-16)27(24,25)22(2)3/h4-13H,1-3H3,(H,21,23). The summed E-state index contributed by atoms with van der Waals surface area (Å²) in [5.74, 6) is -0.219. The zero-order valence-electron chi connectivity index (χ0n) is 15.3. The van der Waals surface area contributed by atoms with Crippen LogP contribution in [0.4, 0.5) is 5.69 Å². The first kappa shape index (κ1) is 19.3. The highest BCUT2D eigenvalue weighted by atomic mass is 32.2. The van der Waals surface area contributed by atoms with E-state index in [1.54, 1.807) is 12.1 Å². The number of hydrogen-bond acceptors (Lipinski definition) is 4. The normalized spacial score (nSPS) is 11.6. The fourth-order valence-corrected chi connectivity index (χ4v) is 4.27. The number of aryl methyl sites for hydroxylation is 1. The van der Waals surface area contributed by atoms with Crippen LogP contribution < -0.4 is 5.32 Å². The Kier molecular flexibility index (Phi) is 5.46. The number of sulfonamides is 1. The van der Waals surface area contributed by atoms with E-state index in [4.69, 9.17) is 0 Å². The quantitative estimate of drug-likeness (QED) is 0.697. The molecule has 0 fully saturated rings. The SMILES string of the molecule is Cc1ccc(-c2ccsc2C(=O)Nc2ccc(S(=O)(=O)N(C)C)cc2)cc1. The Morgan fingerprint density at radius 1 is 0.963 bits per heavy atom. The monoisotopic (exact) mass is 400 g/mol. The average molecular weight is 401 g/mol. The number of benzene rings is 2. The van der Waals surface area contributed by atoms with Crippen LogP contribution in [0.15, 0.2) is 64.9 Å². The molecule has 3 rings (SSSR count). The van der Waals surface area contributed by atoms with Crippen molar-refractivity contribution >= 4 is 33.0 Å². The minimum Gasteiger partial charge on any atom is -0.321 e. The van der Waals surface area contributed by atoms with E-state index in [1.165, 1.54) is 37.6 Å². The molecular formula is C20H20N2O3S2. The van der Waals surface area contributed by atoms with Gasteiger partial charge in [0.1, 0.15) is 0 Å². The van der Waals surface area contributed by atoms with Gasteiger partial charge in [0.05, 0.1) is 9.77 Å². The Morgan fingerprint density at radius 3 is 2.19 bits per heavy atom. The van der Waals surface area contributed by atoms with Crippen LogP contribution in [0.3, 0.4) is 0 Å². The number of nitrogens with one attached hydrogen (secondary N) is 1. The van der Waals surface area contributed by atoms with Gasteiger partial charge >= 0.3 is 0 Å². The lowest BCUT2D eigenvalue weighted by atomic mass is 10.0. The number of hydrogen-bond donors (Lipinski definition) is 1. The highest BCUT2D eigenvalue weighted by Gasteiger charge is 2.18. The van der Waals surface area contributed by atoms with Crippen molar-refractivity contribution < 1.29 is 13.2 Å². The van der Waals surface area contributed by atoms with Gasteiger partial charge in [-0.1, -0.05) is 29.8 Å². The molecule has 0 unspecified atom stereocenters. The molecule has 1 amide bonds. The highest BCUT2D eigenvalue weighted by molar-refractivity contribution is 7.89. The number of rotatable bonds is 5. The van der Waals surface area contributed by atoms with Gasteiger partial charge in [0.25, 0.3) is 5.91 Å². The van der Waals surface area contributed by atoms with Crippen molar-refractivity contribution in [3.63, 3.8) is 0 Å². The van der Waals surface area contributed by atoms with E-state index < -0.39 is 10.0 Å². The van der Waals surface area contributed by atoms with Gasteiger partial charge < -0.3 is 5.32 Å². The number of carbonyl (C=O) groups excluding carboxylic acids is 1. The van der Waals surface area contributed by atoms with Gasteiger partial charge in [0.2, 0.25) is 10.0 Å². The number of carbonyl (C=O) groups is 1. The summed E-state index contributed by atoms with van der Waals surface area (Å²) >= 11 is 1.37. The second kappa shape index (κ2) is 7.64. The molecule has 1 N–H and O–H groups in total. The second-order valence-electron chi connectivity index (χ2n) is 6.30. The van der Waals surface area contributed by atoms with Gasteiger partial charge in [-0.25, -0.2) is 12.7 Å². The molecule has 1 aromatic heterocycles. The van der Waals surface area contributed by atoms with E-state index in [0.29, 0.717) is 10.6 Å². The van der Waals surface area contributed by atoms with Crippen molar-refractivity contribution in [1.29, 1.82) is 0 Å². The van der Waals surface area contributed by atoms with Crippen LogP contribution in [0, 0.1) is 6.92 Å². The van der Waals surface area contributed by atoms with Gasteiger partial charge in [-0.2, -0.15) is 0 Å². The molecular weight excluding hydrogens is 380 g/mol. The molecule has 140 valence electrons. The highest BCUT2D eigenvalue weighted by Crippen LogP contribution is 2.29. The fraction of sp³-hybridized carbons (Fsp3) is 0.150. The number of nitrogens with zero attached hydrogens (tertiary/aromatic N) is 1. The van der Waals surface area contributed by atoms with Crippen LogP contribution in [0.1, 0.15) is 15.2 Å². The lowest BCUT2D eigenvalue weighted by molar-refractivity contribution is 0.103. The summed E-state index contributed by atoms with van der Waals surface area (Å²) in [7, 11) is -0.528. The zero-order chi connectivity index (χ0) is 19.6. The lowest BCUT2D eigenvalue weighted by Gasteiger charge is -2.12. The Balaban J connectivity index is 1.81. The number of amides is 1. The summed E-state index contributed by atoms with van der Waals surface area (Å²) in [4.78, 5) is 13.5. The zero-order valence-corrected chi connectivity index (χ0v) is 16.9. The molecule has 0 spiro atoms. The maximum atomic E-state index is 12.7. The summed E-state index contributed by atoms with van der Waals surface area (Å²) in [5.41, 5.74) is 3.57. The van der Waals surface area contributed by atoms with E-state index in [0.717, 1.165) is 21.0 Å². The first-order valence-corrected chi connectivity index (χ1v) is 10.6. The van der Waals surface area contributed by atoms with Crippen LogP contribution in [0.5, 0.6) is 0 Å². The average Bonchev–Trinajstić information content (AvgIpc) is 3.12. The maximum absolute atomic E-state index is 12.7. The van der Waals surface area contributed by atoms with Crippen molar-refractivity contribution in [3.8, 4) is 11.1 Å². The molecule has 0 bridgehead atoms. The van der Waals surface area contributed by atoms with Gasteiger partial charge in [-0.3, -0.25) is 4.79 Å². The predicted molar refractivity (Wildman–Crippen MR) is 110 cm³/mol. The molecule has 0 aliphatic heterocycles. The van der Waals surface area contributed by atoms with E-state index >= 15 is 0 Å². The second-order valence-corrected chi connectivity index (χ2v) is 9.36. The van der Waals surface area contributed by atoms with E-state index in [2.05, 4.69) is 5.32 Å². The van der Waals surface area contributed by atoms with Gasteiger partial charge in [-0.15, -0.1) is 11.3 Å². The molecule has 0 atom stereocenters. The lowest BCUT2D eigenvalue weighted by Crippen LogP contribution is -2.22. The molecule has 3 aromatic rings. The molecule has 27 heavy (non-hydrogen) atoms. The minimum atomic E-state index is -3.49. The largest absolute Gasteiger partial charge is 0.321 e. The molecule has 0 aliphatic rings. The molecule has 7 heteroatoms. The van der Waals surface area contributed by atoms with Gasteiger partial charge in [-0.05, 0) is 48.2 Å². The first-order valence-electron chi connectivity index (χ1n) is 8.27. The number of anilines is 1. The summed E-state index contributed by atoms with van der Waals surface area (Å²) in [6.45, 7) is 2.02. The summed E-state index contributed by atoms with van der Waals surface area (Å²) in [6.07, 6.45) is 0. The van der Waals surface area contributed by atoms with E-state index in [1.807, 2.05) is 42.6 Å². The minimum absolute atomic E-state index is 0.182. The third-order valence-electron chi connectivity index (χ3n) is 4.12.